The van der Waals surface area contributed by atoms with Crippen molar-refractivity contribution in [3.05, 3.63) is 83.9 Å². The third-order valence-electron chi connectivity index (χ3n) is 4.64. The highest BCUT2D eigenvalue weighted by atomic mass is 16.5. The molecule has 0 spiro atoms. The minimum atomic E-state index is -0.283. The van der Waals surface area contributed by atoms with Gasteiger partial charge < -0.3 is 24.4 Å². The first-order chi connectivity index (χ1) is 15.5. The van der Waals surface area contributed by atoms with E-state index in [4.69, 9.17) is 14.2 Å². The molecule has 32 heavy (non-hydrogen) atoms. The topological polar surface area (TPSA) is 77.1 Å². The molecule has 166 valence electrons. The second-order valence-corrected chi connectivity index (χ2v) is 7.20. The average Bonchev–Trinajstić information content (AvgIpc) is 2.82. The fourth-order valence-corrected chi connectivity index (χ4v) is 2.78. The Labute approximate surface area is 187 Å². The monoisotopic (exact) mass is 434 g/mol. The number of hydrogen-bond donors (Lipinski definition) is 1. The van der Waals surface area contributed by atoms with Crippen molar-refractivity contribution in [1.82, 2.24) is 4.90 Å². The second kappa shape index (κ2) is 10.9. The Balaban J connectivity index is 1.60. The third-order valence-corrected chi connectivity index (χ3v) is 4.64. The number of methoxy groups -OCH3 is 1. The van der Waals surface area contributed by atoms with E-state index in [9.17, 15) is 9.59 Å². The van der Waals surface area contributed by atoms with Crippen molar-refractivity contribution in [2.75, 3.05) is 33.1 Å². The van der Waals surface area contributed by atoms with Gasteiger partial charge in [-0.05, 0) is 48.0 Å². The molecule has 0 heterocycles. The van der Waals surface area contributed by atoms with Gasteiger partial charge in [0.1, 0.15) is 12.4 Å². The Morgan fingerprint density at radius 1 is 0.875 bits per heavy atom. The van der Waals surface area contributed by atoms with E-state index in [0.717, 1.165) is 5.56 Å². The number of rotatable bonds is 9. The van der Waals surface area contributed by atoms with Crippen molar-refractivity contribution in [3.63, 3.8) is 0 Å². The lowest BCUT2D eigenvalue weighted by molar-refractivity contribution is -0.130. The second-order valence-electron chi connectivity index (χ2n) is 7.20. The summed E-state index contributed by atoms with van der Waals surface area (Å²) in [4.78, 5) is 25.7. The summed E-state index contributed by atoms with van der Waals surface area (Å²) in [5.41, 5.74) is 2.07. The van der Waals surface area contributed by atoms with Crippen LogP contribution in [0.3, 0.4) is 0 Å². The molecule has 3 aromatic carbocycles. The first kappa shape index (κ1) is 22.7. The van der Waals surface area contributed by atoms with Gasteiger partial charge in [-0.25, -0.2) is 0 Å². The molecular weight excluding hydrogens is 408 g/mol. The Morgan fingerprint density at radius 2 is 1.59 bits per heavy atom. The van der Waals surface area contributed by atoms with Crippen molar-refractivity contribution in [2.45, 2.75) is 6.61 Å². The van der Waals surface area contributed by atoms with Gasteiger partial charge in [0.2, 0.25) is 0 Å². The smallest absolute Gasteiger partial charge is 0.259 e. The summed E-state index contributed by atoms with van der Waals surface area (Å²) in [5, 5.41) is 2.83. The zero-order chi connectivity index (χ0) is 22.9. The van der Waals surface area contributed by atoms with Gasteiger partial charge in [-0.1, -0.05) is 30.3 Å². The predicted octanol–water partition coefficient (Wildman–Crippen LogP) is 3.99. The maximum absolute atomic E-state index is 12.7. The number of likely N-dealkylation sites (N-methyl/N-ethyl adjacent to an activating group) is 1. The molecule has 0 aliphatic carbocycles. The zero-order valence-electron chi connectivity index (χ0n) is 18.3. The van der Waals surface area contributed by atoms with E-state index in [0.29, 0.717) is 35.1 Å². The fourth-order valence-electron chi connectivity index (χ4n) is 2.78. The van der Waals surface area contributed by atoms with Crippen LogP contribution in [-0.2, 0) is 11.4 Å². The van der Waals surface area contributed by atoms with Crippen molar-refractivity contribution < 1.29 is 23.8 Å². The molecular formula is C25H26N2O5. The fraction of sp³-hybridized carbons (Fsp3) is 0.200. The van der Waals surface area contributed by atoms with E-state index >= 15 is 0 Å². The van der Waals surface area contributed by atoms with Gasteiger partial charge in [-0.15, -0.1) is 0 Å². The van der Waals surface area contributed by atoms with Crippen LogP contribution < -0.4 is 19.5 Å². The maximum Gasteiger partial charge on any atom is 0.259 e. The lowest BCUT2D eigenvalue weighted by Crippen LogP contribution is -2.27. The highest BCUT2D eigenvalue weighted by molar-refractivity contribution is 6.04. The molecule has 0 aliphatic rings. The third kappa shape index (κ3) is 6.25. The quantitative estimate of drug-likeness (QED) is 0.551. The first-order valence-electron chi connectivity index (χ1n) is 10.1. The molecule has 7 nitrogen and oxygen atoms in total. The van der Waals surface area contributed by atoms with E-state index in [1.165, 1.54) is 12.0 Å². The van der Waals surface area contributed by atoms with Crippen molar-refractivity contribution in [1.29, 1.82) is 0 Å². The lowest BCUT2D eigenvalue weighted by atomic mass is 10.1. The Morgan fingerprint density at radius 3 is 2.25 bits per heavy atom. The minimum absolute atomic E-state index is 0.0445. The van der Waals surface area contributed by atoms with Gasteiger partial charge >= 0.3 is 0 Å². The summed E-state index contributed by atoms with van der Waals surface area (Å²) >= 11 is 0. The number of carbonyl (C=O) groups is 2. The number of ether oxygens (including phenoxy) is 3. The SMILES string of the molecule is COc1cc(C(=O)Nc2ccc(OCC(=O)N(C)C)cc2)ccc1OCc1ccccc1. The Kier molecular flexibility index (Phi) is 7.70. The number of nitrogens with zero attached hydrogens (tertiary/aromatic N) is 1. The van der Waals surface area contributed by atoms with E-state index in [-0.39, 0.29) is 18.4 Å². The molecule has 1 N–H and O–H groups in total. The van der Waals surface area contributed by atoms with Crippen molar-refractivity contribution in [2.24, 2.45) is 0 Å². The molecule has 3 rings (SSSR count). The minimum Gasteiger partial charge on any atom is -0.493 e. The summed E-state index contributed by atoms with van der Waals surface area (Å²) in [6.07, 6.45) is 0. The number of amides is 2. The number of carbonyl (C=O) groups excluding carboxylic acids is 2. The molecule has 3 aromatic rings. The van der Waals surface area contributed by atoms with Crippen LogP contribution >= 0.6 is 0 Å². The van der Waals surface area contributed by atoms with E-state index in [1.807, 2.05) is 30.3 Å². The lowest BCUT2D eigenvalue weighted by Gasteiger charge is -2.13. The molecule has 7 heteroatoms. The molecule has 0 unspecified atom stereocenters. The number of benzene rings is 3. The standard InChI is InChI=1S/C25H26N2O5/c1-27(2)24(28)17-31-21-12-10-20(11-13-21)26-25(29)19-9-14-22(23(15-19)30-3)32-16-18-7-5-4-6-8-18/h4-15H,16-17H2,1-3H3,(H,26,29). The van der Waals surface area contributed by atoms with Gasteiger partial charge in [-0.2, -0.15) is 0 Å². The average molecular weight is 434 g/mol. The highest BCUT2D eigenvalue weighted by Gasteiger charge is 2.12. The summed E-state index contributed by atoms with van der Waals surface area (Å²) in [7, 11) is 4.87. The molecule has 0 atom stereocenters. The largest absolute Gasteiger partial charge is 0.493 e. The van der Waals surface area contributed by atoms with Gasteiger partial charge in [0.25, 0.3) is 11.8 Å². The first-order valence-corrected chi connectivity index (χ1v) is 10.1. The molecule has 2 amide bonds. The normalized spacial score (nSPS) is 10.2. The number of anilines is 1. The molecule has 0 aliphatic heterocycles. The highest BCUT2D eigenvalue weighted by Crippen LogP contribution is 2.29. The Bertz CT molecular complexity index is 1050. The predicted molar refractivity (Wildman–Crippen MR) is 122 cm³/mol. The summed E-state index contributed by atoms with van der Waals surface area (Å²) in [6, 6.07) is 21.7. The van der Waals surface area contributed by atoms with Crippen LogP contribution in [0.25, 0.3) is 0 Å². The van der Waals surface area contributed by atoms with Crippen LogP contribution in [0.2, 0.25) is 0 Å². The van der Waals surface area contributed by atoms with E-state index < -0.39 is 0 Å². The van der Waals surface area contributed by atoms with Crippen LogP contribution in [0, 0.1) is 0 Å². The van der Waals surface area contributed by atoms with Crippen LogP contribution in [0.1, 0.15) is 15.9 Å². The van der Waals surface area contributed by atoms with Crippen LogP contribution in [0.5, 0.6) is 17.2 Å². The van der Waals surface area contributed by atoms with E-state index in [2.05, 4.69) is 5.32 Å². The summed E-state index contributed by atoms with van der Waals surface area (Å²) in [5.74, 6) is 1.16. The number of nitrogens with one attached hydrogen (secondary N) is 1. The van der Waals surface area contributed by atoms with Crippen molar-refractivity contribution >= 4 is 17.5 Å². The summed E-state index contributed by atoms with van der Waals surface area (Å²) in [6.45, 7) is 0.356. The van der Waals surface area contributed by atoms with Crippen LogP contribution in [-0.4, -0.2) is 44.5 Å². The molecule has 0 bridgehead atoms. The van der Waals surface area contributed by atoms with Crippen LogP contribution in [0.15, 0.2) is 72.8 Å². The molecule has 0 saturated carbocycles. The maximum atomic E-state index is 12.7. The van der Waals surface area contributed by atoms with Crippen molar-refractivity contribution in [3.8, 4) is 17.2 Å². The van der Waals surface area contributed by atoms with Crippen LogP contribution in [0.4, 0.5) is 5.69 Å². The molecule has 0 radical (unpaired) electrons. The van der Waals surface area contributed by atoms with Gasteiger partial charge in [-0.3, -0.25) is 9.59 Å². The summed E-state index contributed by atoms with van der Waals surface area (Å²) < 4.78 is 16.7. The van der Waals surface area contributed by atoms with Gasteiger partial charge in [0.15, 0.2) is 18.1 Å². The Hall–Kier alpha value is -4.00. The van der Waals surface area contributed by atoms with Gasteiger partial charge in [0.05, 0.1) is 7.11 Å². The molecule has 0 aromatic heterocycles. The van der Waals surface area contributed by atoms with E-state index in [1.54, 1.807) is 56.6 Å². The molecule has 0 fully saturated rings. The van der Waals surface area contributed by atoms with Gasteiger partial charge in [0, 0.05) is 25.3 Å². The zero-order valence-corrected chi connectivity index (χ0v) is 18.3. The number of hydrogen-bond acceptors (Lipinski definition) is 5. The molecule has 0 saturated heterocycles.